The molecule has 4 heteroatoms. The Hall–Kier alpha value is -0.220. The van der Waals surface area contributed by atoms with Crippen molar-refractivity contribution in [3.63, 3.8) is 0 Å². The maximum absolute atomic E-state index is 13.3. The zero-order valence-electron chi connectivity index (χ0n) is 6.69. The topological polar surface area (TPSA) is 17.1 Å². The summed E-state index contributed by atoms with van der Waals surface area (Å²) in [4.78, 5) is 11.3. The second-order valence-electron chi connectivity index (χ2n) is 2.46. The number of ketones is 1. The molecule has 1 nitrogen and oxygen atoms in total. The summed E-state index contributed by atoms with van der Waals surface area (Å²) in [5.74, 6) is -0.663. The van der Waals surface area contributed by atoms with Gasteiger partial charge in [-0.15, -0.1) is 0 Å². The van der Waals surface area contributed by atoms with E-state index < -0.39 is 5.82 Å². The van der Waals surface area contributed by atoms with E-state index in [0.29, 0.717) is 16.2 Å². The Morgan fingerprint density at radius 3 is 2.77 bits per heavy atom. The molecule has 0 heterocycles. The van der Waals surface area contributed by atoms with E-state index in [1.807, 2.05) is 0 Å². The van der Waals surface area contributed by atoms with E-state index in [2.05, 4.69) is 31.9 Å². The van der Waals surface area contributed by atoms with Crippen LogP contribution in [0.25, 0.3) is 0 Å². The van der Waals surface area contributed by atoms with Gasteiger partial charge in [0.15, 0.2) is 5.78 Å². The van der Waals surface area contributed by atoms with Crippen LogP contribution in [0.15, 0.2) is 22.7 Å². The number of benzene rings is 1. The van der Waals surface area contributed by atoms with Crippen LogP contribution in [0.3, 0.4) is 0 Å². The van der Waals surface area contributed by atoms with Gasteiger partial charge < -0.3 is 0 Å². The summed E-state index contributed by atoms with van der Waals surface area (Å²) in [6, 6.07) is 4.71. The van der Waals surface area contributed by atoms with Crippen molar-refractivity contribution < 1.29 is 9.18 Å². The molecule has 0 radical (unpaired) electrons. The predicted octanol–water partition coefficient (Wildman–Crippen LogP) is 3.56. The molecule has 1 aromatic rings. The summed E-state index contributed by atoms with van der Waals surface area (Å²) in [6.07, 6.45) is 0.313. The Morgan fingerprint density at radius 2 is 2.15 bits per heavy atom. The van der Waals surface area contributed by atoms with Crippen LogP contribution in [-0.2, 0) is 0 Å². The minimum Gasteiger partial charge on any atom is -0.294 e. The fraction of sp³-hybridized carbons (Fsp3) is 0.222. The molecular weight excluding hydrogens is 303 g/mol. The van der Waals surface area contributed by atoms with Crippen LogP contribution in [0.4, 0.5) is 4.39 Å². The highest BCUT2D eigenvalue weighted by Crippen LogP contribution is 2.19. The van der Waals surface area contributed by atoms with Crippen molar-refractivity contribution in [1.29, 1.82) is 0 Å². The van der Waals surface area contributed by atoms with E-state index in [-0.39, 0.29) is 11.3 Å². The smallest absolute Gasteiger partial charge is 0.166 e. The predicted molar refractivity (Wildman–Crippen MR) is 56.8 cm³/mol. The van der Waals surface area contributed by atoms with E-state index in [1.165, 1.54) is 6.07 Å². The molecule has 0 fully saturated rings. The zero-order chi connectivity index (χ0) is 9.84. The lowest BCUT2D eigenvalue weighted by Gasteiger charge is -2.01. The summed E-state index contributed by atoms with van der Waals surface area (Å²) in [5, 5.41) is 0.553. The van der Waals surface area contributed by atoms with Crippen molar-refractivity contribution in [2.24, 2.45) is 0 Å². The van der Waals surface area contributed by atoms with Crippen LogP contribution in [0.5, 0.6) is 0 Å². The molecule has 0 aliphatic heterocycles. The Labute approximate surface area is 92.6 Å². The highest BCUT2D eigenvalue weighted by molar-refractivity contribution is 9.10. The lowest BCUT2D eigenvalue weighted by atomic mass is 10.1. The molecule has 0 spiro atoms. The largest absolute Gasteiger partial charge is 0.294 e. The van der Waals surface area contributed by atoms with Crippen molar-refractivity contribution in [2.45, 2.75) is 6.42 Å². The Kier molecular flexibility index (Phi) is 4.06. The molecule has 70 valence electrons. The lowest BCUT2D eigenvalue weighted by Crippen LogP contribution is -2.03. The molecule has 0 unspecified atom stereocenters. The van der Waals surface area contributed by atoms with Gasteiger partial charge in [-0.2, -0.15) is 0 Å². The molecule has 0 bridgehead atoms. The summed E-state index contributed by atoms with van der Waals surface area (Å²) in [5.41, 5.74) is 0.147. The number of hydrogen-bond acceptors (Lipinski definition) is 1. The quantitative estimate of drug-likeness (QED) is 0.616. The first-order valence-corrected chi connectivity index (χ1v) is 5.61. The van der Waals surface area contributed by atoms with Crippen LogP contribution in [0.1, 0.15) is 16.8 Å². The lowest BCUT2D eigenvalue weighted by molar-refractivity contribution is 0.0986. The van der Waals surface area contributed by atoms with Crippen molar-refractivity contribution >= 4 is 37.6 Å². The molecule has 0 amide bonds. The third-order valence-electron chi connectivity index (χ3n) is 1.57. The third kappa shape index (κ3) is 2.61. The molecule has 0 aliphatic rings. The summed E-state index contributed by atoms with van der Waals surface area (Å²) in [7, 11) is 0. The normalized spacial score (nSPS) is 10.1. The Morgan fingerprint density at radius 1 is 1.46 bits per heavy atom. The van der Waals surface area contributed by atoms with Crippen LogP contribution >= 0.6 is 31.9 Å². The monoisotopic (exact) mass is 308 g/mol. The third-order valence-corrected chi connectivity index (χ3v) is 2.58. The van der Waals surface area contributed by atoms with Gasteiger partial charge >= 0.3 is 0 Å². The van der Waals surface area contributed by atoms with Gasteiger partial charge in [-0.05, 0) is 28.1 Å². The number of hydrogen-bond donors (Lipinski definition) is 0. The maximum Gasteiger partial charge on any atom is 0.166 e. The van der Waals surface area contributed by atoms with Crippen molar-refractivity contribution in [2.75, 3.05) is 5.33 Å². The minimum absolute atomic E-state index is 0.147. The fourth-order valence-electron chi connectivity index (χ4n) is 0.940. The van der Waals surface area contributed by atoms with E-state index in [9.17, 15) is 9.18 Å². The average molecular weight is 310 g/mol. The standard InChI is InChI=1S/C9H7Br2FO/c10-5-4-8(13)6-2-1-3-7(11)9(6)12/h1-3H,4-5H2. The first-order valence-electron chi connectivity index (χ1n) is 3.70. The van der Waals surface area contributed by atoms with E-state index >= 15 is 0 Å². The van der Waals surface area contributed by atoms with Gasteiger partial charge in [0.1, 0.15) is 5.82 Å². The zero-order valence-corrected chi connectivity index (χ0v) is 9.86. The van der Waals surface area contributed by atoms with Crippen molar-refractivity contribution in [3.05, 3.63) is 34.1 Å². The fourth-order valence-corrected chi connectivity index (χ4v) is 1.67. The van der Waals surface area contributed by atoms with Crippen LogP contribution in [-0.4, -0.2) is 11.1 Å². The molecular formula is C9H7Br2FO. The molecule has 1 aromatic carbocycles. The van der Waals surface area contributed by atoms with Crippen molar-refractivity contribution in [3.8, 4) is 0 Å². The van der Waals surface area contributed by atoms with Crippen LogP contribution < -0.4 is 0 Å². The molecule has 0 atom stereocenters. The van der Waals surface area contributed by atoms with Gasteiger partial charge in [-0.3, -0.25) is 4.79 Å². The van der Waals surface area contributed by atoms with Crippen LogP contribution in [0, 0.1) is 5.82 Å². The molecule has 0 saturated heterocycles. The number of halogens is 3. The number of carbonyl (C=O) groups excluding carboxylic acids is 1. The molecule has 0 N–H and O–H groups in total. The van der Waals surface area contributed by atoms with E-state index in [0.717, 1.165) is 0 Å². The van der Waals surface area contributed by atoms with Gasteiger partial charge in [0, 0.05) is 11.8 Å². The maximum atomic E-state index is 13.3. The first kappa shape index (κ1) is 10.9. The number of rotatable bonds is 3. The van der Waals surface area contributed by atoms with Gasteiger partial charge in [0.2, 0.25) is 0 Å². The van der Waals surface area contributed by atoms with E-state index in [1.54, 1.807) is 12.1 Å². The van der Waals surface area contributed by atoms with Gasteiger partial charge in [0.05, 0.1) is 10.0 Å². The van der Waals surface area contributed by atoms with Gasteiger partial charge in [-0.25, -0.2) is 4.39 Å². The van der Waals surface area contributed by atoms with Gasteiger partial charge in [0.25, 0.3) is 0 Å². The molecule has 13 heavy (non-hydrogen) atoms. The highest BCUT2D eigenvalue weighted by atomic mass is 79.9. The summed E-state index contributed by atoms with van der Waals surface area (Å²) >= 11 is 6.16. The van der Waals surface area contributed by atoms with Gasteiger partial charge in [-0.1, -0.05) is 22.0 Å². The highest BCUT2D eigenvalue weighted by Gasteiger charge is 2.12. The summed E-state index contributed by atoms with van der Waals surface area (Å²) in [6.45, 7) is 0. The Balaban J connectivity index is 3.01. The SMILES string of the molecule is O=C(CCBr)c1cccc(Br)c1F. The number of alkyl halides is 1. The number of Topliss-reactive ketones (excluding diaryl/α,β-unsaturated/α-hetero) is 1. The first-order chi connectivity index (χ1) is 6.16. The minimum atomic E-state index is -0.478. The Bertz CT molecular complexity index is 325. The second kappa shape index (κ2) is 4.86. The second-order valence-corrected chi connectivity index (χ2v) is 4.11. The molecule has 0 aromatic heterocycles. The summed E-state index contributed by atoms with van der Waals surface area (Å²) < 4.78 is 13.6. The number of carbonyl (C=O) groups is 1. The molecule has 0 aliphatic carbocycles. The van der Waals surface area contributed by atoms with Crippen molar-refractivity contribution in [1.82, 2.24) is 0 Å². The molecule has 0 saturated carbocycles. The average Bonchev–Trinajstić information content (AvgIpc) is 2.10. The molecule has 1 rings (SSSR count). The van der Waals surface area contributed by atoms with Crippen LogP contribution in [0.2, 0.25) is 0 Å². The van der Waals surface area contributed by atoms with E-state index in [4.69, 9.17) is 0 Å².